The Morgan fingerprint density at radius 2 is 1.85 bits per heavy atom. The van der Waals surface area contributed by atoms with Crippen LogP contribution in [0, 0.1) is 6.92 Å². The maximum Gasteiger partial charge on any atom is 0.307 e. The summed E-state index contributed by atoms with van der Waals surface area (Å²) in [4.78, 5) is 18.0. The van der Waals surface area contributed by atoms with Gasteiger partial charge in [-0.15, -0.1) is 23.2 Å². The largest absolute Gasteiger partial charge is 0.460 e. The number of benzene rings is 1. The number of aryl methyl sites for hydroxylation is 1. The van der Waals surface area contributed by atoms with Crippen LogP contribution in [0.1, 0.15) is 45.2 Å². The number of carbonyl (C=O) groups is 1. The second kappa shape index (κ2) is 10.5. The molecule has 0 aliphatic carbocycles. The third-order valence-corrected chi connectivity index (χ3v) is 4.49. The van der Waals surface area contributed by atoms with Crippen molar-refractivity contribution in [2.45, 2.75) is 52.1 Å². The Balaban J connectivity index is 3.07. The van der Waals surface area contributed by atoms with Crippen molar-refractivity contribution >= 4 is 34.9 Å². The number of ether oxygens (including phenoxy) is 1. The van der Waals surface area contributed by atoms with E-state index in [1.807, 2.05) is 52.8 Å². The second-order valence-corrected chi connectivity index (χ2v) is 8.60. The van der Waals surface area contributed by atoms with Crippen LogP contribution in [-0.4, -0.2) is 43.0 Å². The van der Waals surface area contributed by atoms with Crippen molar-refractivity contribution in [3.63, 3.8) is 0 Å². The fourth-order valence-electron chi connectivity index (χ4n) is 2.94. The Bertz CT molecular complexity index is 620. The molecular weight excluding hydrogens is 387 g/mol. The number of nitrogens with two attached hydrogens (primary N) is 1. The predicted molar refractivity (Wildman–Crippen MR) is 113 cm³/mol. The fourth-order valence-corrected chi connectivity index (χ4v) is 3.17. The first-order valence-electron chi connectivity index (χ1n) is 9.11. The second-order valence-electron chi connectivity index (χ2n) is 7.84. The van der Waals surface area contributed by atoms with Crippen molar-refractivity contribution in [3.8, 4) is 0 Å². The lowest BCUT2D eigenvalue weighted by atomic mass is 9.77. The first-order valence-corrected chi connectivity index (χ1v) is 10.2. The fraction of sp³-hybridized carbons (Fsp3) is 0.650. The molecule has 0 heterocycles. The molecule has 0 amide bonds. The van der Waals surface area contributed by atoms with Gasteiger partial charge in [0.25, 0.3) is 0 Å². The first-order chi connectivity index (χ1) is 12.6. The number of hydroxylamine groups is 1. The molecule has 0 aromatic heterocycles. The van der Waals surface area contributed by atoms with Crippen LogP contribution in [0.4, 0.5) is 5.69 Å². The lowest BCUT2D eigenvalue weighted by molar-refractivity contribution is -0.156. The van der Waals surface area contributed by atoms with E-state index >= 15 is 0 Å². The number of rotatable bonds is 10. The minimum atomic E-state index is -0.521. The summed E-state index contributed by atoms with van der Waals surface area (Å²) in [6.07, 6.45) is 0.217. The molecule has 2 N–H and O–H groups in total. The molecule has 0 saturated carbocycles. The smallest absolute Gasteiger partial charge is 0.307 e. The van der Waals surface area contributed by atoms with Gasteiger partial charge in [-0.2, -0.15) is 0 Å². The van der Waals surface area contributed by atoms with Crippen LogP contribution >= 0.6 is 23.2 Å². The van der Waals surface area contributed by atoms with Gasteiger partial charge in [-0.3, -0.25) is 14.7 Å². The molecule has 0 saturated heterocycles. The van der Waals surface area contributed by atoms with Crippen molar-refractivity contribution in [2.75, 3.05) is 36.5 Å². The quantitative estimate of drug-likeness (QED) is 0.351. The summed E-state index contributed by atoms with van der Waals surface area (Å²) >= 11 is 11.6. The maximum atomic E-state index is 12.4. The van der Waals surface area contributed by atoms with Crippen LogP contribution < -0.4 is 10.8 Å². The van der Waals surface area contributed by atoms with Crippen LogP contribution in [0.3, 0.4) is 0 Å². The molecule has 1 atom stereocenters. The number of esters is 1. The Kier molecular flexibility index (Phi) is 9.35. The summed E-state index contributed by atoms with van der Waals surface area (Å²) in [5, 5.41) is 1.74. The van der Waals surface area contributed by atoms with Gasteiger partial charge in [0.15, 0.2) is 0 Å². The molecule has 0 aliphatic rings. The molecule has 0 fully saturated rings. The zero-order valence-electron chi connectivity index (χ0n) is 17.0. The molecule has 27 heavy (non-hydrogen) atoms. The summed E-state index contributed by atoms with van der Waals surface area (Å²) in [7, 11) is 0. The highest BCUT2D eigenvalue weighted by molar-refractivity contribution is 6.18. The number of hydrogen-bond acceptors (Lipinski definition) is 5. The number of halogens is 2. The van der Waals surface area contributed by atoms with Gasteiger partial charge in [0.2, 0.25) is 0 Å². The van der Waals surface area contributed by atoms with Crippen LogP contribution in [0.15, 0.2) is 18.2 Å². The highest BCUT2D eigenvalue weighted by Crippen LogP contribution is 2.32. The summed E-state index contributed by atoms with van der Waals surface area (Å²) in [6, 6.07) is 5.96. The number of nitrogens with zero attached hydrogens (tertiary/aromatic N) is 1. The molecule has 5 nitrogen and oxygen atoms in total. The normalized spacial score (nSPS) is 13.9. The van der Waals surface area contributed by atoms with Gasteiger partial charge in [-0.1, -0.05) is 13.0 Å². The number of hydrogen-bond donors (Lipinski definition) is 1. The molecule has 0 aliphatic heterocycles. The minimum absolute atomic E-state index is 0.217. The average Bonchev–Trinajstić information content (AvgIpc) is 2.56. The van der Waals surface area contributed by atoms with E-state index in [-0.39, 0.29) is 12.4 Å². The average molecular weight is 419 g/mol. The van der Waals surface area contributed by atoms with E-state index in [1.165, 1.54) is 0 Å². The van der Waals surface area contributed by atoms with Crippen molar-refractivity contribution in [2.24, 2.45) is 5.73 Å². The lowest BCUT2D eigenvalue weighted by Crippen LogP contribution is -2.37. The maximum absolute atomic E-state index is 12.4. The molecule has 154 valence electrons. The zero-order valence-corrected chi connectivity index (χ0v) is 18.5. The molecule has 0 bridgehead atoms. The Hall–Kier alpha value is -1.01. The van der Waals surface area contributed by atoms with Gasteiger partial charge < -0.3 is 10.5 Å². The van der Waals surface area contributed by atoms with Crippen molar-refractivity contribution in [1.82, 2.24) is 0 Å². The zero-order chi connectivity index (χ0) is 20.7. The van der Waals surface area contributed by atoms with E-state index in [0.29, 0.717) is 31.5 Å². The topological polar surface area (TPSA) is 64.8 Å². The Labute approximate surface area is 173 Å². The molecule has 1 aromatic carbocycles. The van der Waals surface area contributed by atoms with Crippen molar-refractivity contribution in [1.29, 1.82) is 0 Å². The lowest BCUT2D eigenvalue weighted by Gasteiger charge is -2.32. The minimum Gasteiger partial charge on any atom is -0.460 e. The first kappa shape index (κ1) is 24.0. The van der Waals surface area contributed by atoms with Crippen molar-refractivity contribution in [3.05, 3.63) is 29.3 Å². The van der Waals surface area contributed by atoms with Crippen molar-refractivity contribution < 1.29 is 14.4 Å². The van der Waals surface area contributed by atoms with Gasteiger partial charge >= 0.3 is 5.97 Å². The van der Waals surface area contributed by atoms with Gasteiger partial charge in [0, 0.05) is 23.7 Å². The van der Waals surface area contributed by atoms with Crippen LogP contribution in [0.5, 0.6) is 0 Å². The van der Waals surface area contributed by atoms with Gasteiger partial charge in [-0.05, 0) is 51.0 Å². The molecule has 1 rings (SSSR count). The van der Waals surface area contributed by atoms with Crippen LogP contribution in [0.25, 0.3) is 0 Å². The molecule has 1 unspecified atom stereocenters. The van der Waals surface area contributed by atoms with E-state index in [1.54, 1.807) is 5.06 Å². The monoisotopic (exact) mass is 418 g/mol. The van der Waals surface area contributed by atoms with Crippen LogP contribution in [-0.2, 0) is 19.8 Å². The third kappa shape index (κ3) is 7.49. The molecule has 7 heteroatoms. The standard InChI is InChI=1S/C20H32Cl2N2O3/c1-15-12-16(24(10-8-21)26-11-9-22)6-7-17(15)20(5,14-23)13-18(25)27-19(2,3)4/h6-7,12H,8-11,13-14,23H2,1-5H3. The van der Waals surface area contributed by atoms with E-state index in [2.05, 4.69) is 0 Å². The number of anilines is 1. The highest BCUT2D eigenvalue weighted by Gasteiger charge is 2.32. The van der Waals surface area contributed by atoms with Crippen LogP contribution in [0.2, 0.25) is 0 Å². The molecule has 0 spiro atoms. The van der Waals surface area contributed by atoms with E-state index in [0.717, 1.165) is 16.8 Å². The van der Waals surface area contributed by atoms with Gasteiger partial charge in [0.1, 0.15) is 5.60 Å². The highest BCUT2D eigenvalue weighted by atomic mass is 35.5. The number of carbonyl (C=O) groups excluding carboxylic acids is 1. The molecule has 1 aromatic rings. The third-order valence-electron chi connectivity index (χ3n) is 4.17. The van der Waals surface area contributed by atoms with E-state index in [4.69, 9.17) is 38.5 Å². The Morgan fingerprint density at radius 1 is 1.19 bits per heavy atom. The summed E-state index contributed by atoms with van der Waals surface area (Å²) in [5.74, 6) is 0.576. The van der Waals surface area contributed by atoms with Gasteiger partial charge in [-0.25, -0.2) is 0 Å². The van der Waals surface area contributed by atoms with E-state index in [9.17, 15) is 4.79 Å². The van der Waals surface area contributed by atoms with E-state index < -0.39 is 11.0 Å². The Morgan fingerprint density at radius 3 is 2.33 bits per heavy atom. The summed E-state index contributed by atoms with van der Waals surface area (Å²) in [6.45, 7) is 10.8. The number of alkyl halides is 2. The molecule has 0 radical (unpaired) electrons. The van der Waals surface area contributed by atoms with Gasteiger partial charge in [0.05, 0.1) is 25.3 Å². The predicted octanol–water partition coefficient (Wildman–Crippen LogP) is 4.16. The molecular formula is C20H32Cl2N2O3. The summed E-state index contributed by atoms with van der Waals surface area (Å²) in [5.41, 5.74) is 7.95. The SMILES string of the molecule is Cc1cc(N(CCCl)OCCCl)ccc1C(C)(CN)CC(=O)OC(C)(C)C. The summed E-state index contributed by atoms with van der Waals surface area (Å²) < 4.78 is 5.48.